The molecule has 0 bridgehead atoms. The second kappa shape index (κ2) is 8.32. The predicted octanol–water partition coefficient (Wildman–Crippen LogP) is 2.99. The molecule has 0 spiro atoms. The van der Waals surface area contributed by atoms with Crippen LogP contribution < -0.4 is 9.47 Å². The van der Waals surface area contributed by atoms with E-state index in [0.717, 1.165) is 12.4 Å². The first-order valence-corrected chi connectivity index (χ1v) is 8.36. The normalized spacial score (nSPS) is 11.7. The van der Waals surface area contributed by atoms with Crippen molar-refractivity contribution in [1.29, 1.82) is 0 Å². The molecule has 2 heterocycles. The lowest BCUT2D eigenvalue weighted by molar-refractivity contribution is -0.385. The molecule has 3 rings (SSSR count). The molecule has 2 aromatic heterocycles. The van der Waals surface area contributed by atoms with Crippen LogP contribution in [-0.4, -0.2) is 42.9 Å². The lowest BCUT2D eigenvalue weighted by Gasteiger charge is -2.11. The SMILES string of the molecule is COc1cc(/C=N/n2c(C(F)(F)F)n[nH]c2=S)ccc1OCn1cc([N+](=O)[O-])cn1. The summed E-state index contributed by atoms with van der Waals surface area (Å²) in [7, 11) is 1.37. The van der Waals surface area contributed by atoms with Gasteiger partial charge in [0.1, 0.15) is 12.4 Å². The summed E-state index contributed by atoms with van der Waals surface area (Å²) in [5, 5.41) is 23.4. The maximum Gasteiger partial charge on any atom is 0.453 e. The van der Waals surface area contributed by atoms with Gasteiger partial charge in [0.25, 0.3) is 5.82 Å². The number of methoxy groups -OCH3 is 1. The summed E-state index contributed by atoms with van der Waals surface area (Å²) in [6, 6.07) is 4.49. The minimum absolute atomic E-state index is 0.128. The van der Waals surface area contributed by atoms with Gasteiger partial charge in [0, 0.05) is 0 Å². The molecule has 1 N–H and O–H groups in total. The van der Waals surface area contributed by atoms with Crippen molar-refractivity contribution in [2.24, 2.45) is 5.10 Å². The van der Waals surface area contributed by atoms with Gasteiger partial charge in [-0.1, -0.05) is 0 Å². The van der Waals surface area contributed by atoms with Crippen LogP contribution in [0, 0.1) is 14.9 Å². The molecule has 0 unspecified atom stereocenters. The van der Waals surface area contributed by atoms with Crippen molar-refractivity contribution in [1.82, 2.24) is 24.7 Å². The third kappa shape index (κ3) is 4.62. The van der Waals surface area contributed by atoms with Gasteiger partial charge < -0.3 is 9.47 Å². The highest BCUT2D eigenvalue weighted by Crippen LogP contribution is 2.29. The number of aromatic amines is 1. The van der Waals surface area contributed by atoms with Crippen molar-refractivity contribution in [3.05, 3.63) is 56.9 Å². The number of rotatable bonds is 7. The number of ether oxygens (including phenoxy) is 2. The second-order valence-corrected chi connectivity index (χ2v) is 5.97. The molecule has 0 amide bonds. The van der Waals surface area contributed by atoms with Gasteiger partial charge in [0.2, 0.25) is 4.77 Å². The first kappa shape index (κ1) is 21.0. The first-order chi connectivity index (χ1) is 14.2. The molecule has 0 saturated carbocycles. The van der Waals surface area contributed by atoms with E-state index in [1.165, 1.54) is 36.2 Å². The van der Waals surface area contributed by atoms with Crippen LogP contribution in [0.15, 0.2) is 35.7 Å². The van der Waals surface area contributed by atoms with Crippen LogP contribution in [0.5, 0.6) is 11.5 Å². The molecule has 3 aromatic rings. The second-order valence-electron chi connectivity index (χ2n) is 5.59. The van der Waals surface area contributed by atoms with Gasteiger partial charge in [-0.3, -0.25) is 10.1 Å². The van der Waals surface area contributed by atoms with Crippen molar-refractivity contribution in [2.75, 3.05) is 7.11 Å². The summed E-state index contributed by atoms with van der Waals surface area (Å²) in [6.45, 7) is -0.128. The Balaban J connectivity index is 1.77. The number of aromatic nitrogens is 5. The Kier molecular flexibility index (Phi) is 5.81. The number of nitrogens with zero attached hydrogens (tertiary/aromatic N) is 6. The summed E-state index contributed by atoms with van der Waals surface area (Å²) < 4.78 is 50.8. The van der Waals surface area contributed by atoms with E-state index in [1.807, 2.05) is 0 Å². The van der Waals surface area contributed by atoms with E-state index in [1.54, 1.807) is 0 Å². The standard InChI is InChI=1S/C15H12F3N7O4S/c1-28-12-4-9(5-20-24-13(15(16,17)18)21-22-14(24)30)2-3-11(12)29-8-23-7-10(6-19-23)25(26)27/h2-7H,8H2,1H3,(H,22,30)/b20-5+. The van der Waals surface area contributed by atoms with Crippen LogP contribution >= 0.6 is 12.2 Å². The molecular weight excluding hydrogens is 431 g/mol. The summed E-state index contributed by atoms with van der Waals surface area (Å²) in [6.07, 6.45) is -1.32. The van der Waals surface area contributed by atoms with E-state index in [0.29, 0.717) is 10.2 Å². The van der Waals surface area contributed by atoms with E-state index in [9.17, 15) is 23.3 Å². The van der Waals surface area contributed by atoms with E-state index in [2.05, 4.69) is 20.4 Å². The van der Waals surface area contributed by atoms with Crippen LogP contribution in [0.4, 0.5) is 18.9 Å². The first-order valence-electron chi connectivity index (χ1n) is 7.95. The largest absolute Gasteiger partial charge is 0.493 e. The molecule has 15 heteroatoms. The van der Waals surface area contributed by atoms with Gasteiger partial charge >= 0.3 is 11.9 Å². The predicted molar refractivity (Wildman–Crippen MR) is 97.9 cm³/mol. The third-order valence-corrected chi connectivity index (χ3v) is 3.86. The highest BCUT2D eigenvalue weighted by Gasteiger charge is 2.37. The fourth-order valence-electron chi connectivity index (χ4n) is 2.24. The Labute approximate surface area is 170 Å². The molecule has 0 saturated heterocycles. The Bertz CT molecular complexity index is 1150. The van der Waals surface area contributed by atoms with Gasteiger partial charge in [-0.05, 0) is 36.0 Å². The van der Waals surface area contributed by atoms with Crippen molar-refractivity contribution in [3.8, 4) is 11.5 Å². The number of hydrogen-bond donors (Lipinski definition) is 1. The topological polar surface area (TPSA) is 125 Å². The van der Waals surface area contributed by atoms with E-state index in [4.69, 9.17) is 21.7 Å². The number of alkyl halides is 3. The molecule has 0 aliphatic carbocycles. The molecule has 0 fully saturated rings. The number of nitrogens with one attached hydrogen (secondary N) is 1. The van der Waals surface area contributed by atoms with Crippen LogP contribution in [0.1, 0.15) is 11.4 Å². The van der Waals surface area contributed by atoms with E-state index >= 15 is 0 Å². The Morgan fingerprint density at radius 1 is 1.40 bits per heavy atom. The molecule has 11 nitrogen and oxygen atoms in total. The molecule has 0 atom stereocenters. The fourth-order valence-corrected chi connectivity index (χ4v) is 2.42. The minimum atomic E-state index is -4.73. The summed E-state index contributed by atoms with van der Waals surface area (Å²) in [5.74, 6) is -0.750. The minimum Gasteiger partial charge on any atom is -0.493 e. The van der Waals surface area contributed by atoms with Gasteiger partial charge in [0.15, 0.2) is 18.2 Å². The maximum atomic E-state index is 12.9. The number of halogens is 3. The molecule has 0 aliphatic rings. The van der Waals surface area contributed by atoms with Gasteiger partial charge in [-0.25, -0.2) is 9.78 Å². The van der Waals surface area contributed by atoms with Gasteiger partial charge in [-0.15, -0.1) is 5.10 Å². The summed E-state index contributed by atoms with van der Waals surface area (Å²) >= 11 is 4.76. The number of benzene rings is 1. The summed E-state index contributed by atoms with van der Waals surface area (Å²) in [5.41, 5.74) is 0.207. The van der Waals surface area contributed by atoms with E-state index in [-0.39, 0.29) is 28.7 Å². The van der Waals surface area contributed by atoms with Crippen LogP contribution in [-0.2, 0) is 12.9 Å². The monoisotopic (exact) mass is 443 g/mol. The summed E-state index contributed by atoms with van der Waals surface area (Å²) in [4.78, 5) is 10.1. The average molecular weight is 443 g/mol. The molecule has 1 aromatic carbocycles. The quantitative estimate of drug-likeness (QED) is 0.258. The van der Waals surface area contributed by atoms with Gasteiger partial charge in [0.05, 0.1) is 18.2 Å². The van der Waals surface area contributed by atoms with Gasteiger partial charge in [-0.2, -0.15) is 28.0 Å². The van der Waals surface area contributed by atoms with Crippen LogP contribution in [0.25, 0.3) is 0 Å². The van der Waals surface area contributed by atoms with Crippen molar-refractivity contribution in [2.45, 2.75) is 12.9 Å². The fraction of sp³-hybridized carbons (Fsp3) is 0.200. The van der Waals surface area contributed by atoms with E-state index < -0.39 is 16.9 Å². The number of nitro groups is 1. The van der Waals surface area contributed by atoms with Crippen molar-refractivity contribution in [3.63, 3.8) is 0 Å². The Hall–Kier alpha value is -3.75. The highest BCUT2D eigenvalue weighted by molar-refractivity contribution is 7.71. The van der Waals surface area contributed by atoms with Crippen molar-refractivity contribution >= 4 is 24.1 Å². The van der Waals surface area contributed by atoms with Crippen molar-refractivity contribution < 1.29 is 27.6 Å². The zero-order valence-electron chi connectivity index (χ0n) is 15.0. The molecule has 158 valence electrons. The smallest absolute Gasteiger partial charge is 0.453 e. The zero-order valence-corrected chi connectivity index (χ0v) is 15.8. The number of hydrogen-bond acceptors (Lipinski definition) is 8. The molecule has 30 heavy (non-hydrogen) atoms. The third-order valence-electron chi connectivity index (χ3n) is 3.60. The maximum absolute atomic E-state index is 12.9. The zero-order chi connectivity index (χ0) is 21.9. The highest BCUT2D eigenvalue weighted by atomic mass is 32.1. The average Bonchev–Trinajstić information content (AvgIpc) is 3.31. The Morgan fingerprint density at radius 3 is 2.80 bits per heavy atom. The molecule has 0 radical (unpaired) electrons. The van der Waals surface area contributed by atoms with Crippen LogP contribution in [0.3, 0.4) is 0 Å². The molecule has 0 aliphatic heterocycles. The lowest BCUT2D eigenvalue weighted by Crippen LogP contribution is -2.12. The molecular formula is C15H12F3N7O4S. The Morgan fingerprint density at radius 2 is 2.17 bits per heavy atom. The number of H-pyrrole nitrogens is 1. The van der Waals surface area contributed by atoms with Crippen LogP contribution in [0.2, 0.25) is 0 Å². The lowest BCUT2D eigenvalue weighted by atomic mass is 10.2.